The summed E-state index contributed by atoms with van der Waals surface area (Å²) in [6.07, 6.45) is 7.83. The highest BCUT2D eigenvalue weighted by molar-refractivity contribution is 5.98. The van der Waals surface area contributed by atoms with Crippen LogP contribution in [0.3, 0.4) is 0 Å². The summed E-state index contributed by atoms with van der Waals surface area (Å²) in [6, 6.07) is 11.5. The number of hydrogen-bond acceptors (Lipinski definition) is 7. The first kappa shape index (κ1) is 34.9. The molecule has 1 aliphatic heterocycles. The predicted molar refractivity (Wildman–Crippen MR) is 183 cm³/mol. The molecule has 2 N–H and O–H groups in total. The van der Waals surface area contributed by atoms with Crippen LogP contribution in [-0.2, 0) is 14.3 Å². The van der Waals surface area contributed by atoms with E-state index in [-0.39, 0.29) is 42.0 Å². The van der Waals surface area contributed by atoms with Crippen LogP contribution in [0.1, 0.15) is 107 Å². The number of aromatic nitrogens is 1. The van der Waals surface area contributed by atoms with E-state index in [4.69, 9.17) is 9.47 Å². The van der Waals surface area contributed by atoms with Crippen molar-refractivity contribution in [2.75, 3.05) is 25.5 Å². The van der Waals surface area contributed by atoms with Crippen molar-refractivity contribution >= 4 is 34.6 Å². The molecular weight excluding hydrogens is 615 g/mol. The summed E-state index contributed by atoms with van der Waals surface area (Å²) in [5, 5.41) is 6.43. The molecule has 2 heterocycles. The number of nitrogens with zero attached hydrogens (tertiary/aromatic N) is 2. The van der Waals surface area contributed by atoms with Crippen LogP contribution in [0.25, 0.3) is 10.9 Å². The minimum absolute atomic E-state index is 0.0660. The number of rotatable bonds is 9. The highest BCUT2D eigenvalue weighted by atomic mass is 19.1. The normalized spacial score (nSPS) is 16.7. The highest BCUT2D eigenvalue weighted by Crippen LogP contribution is 2.31. The first-order valence-electron chi connectivity index (χ1n) is 17.0. The van der Waals surface area contributed by atoms with Crippen molar-refractivity contribution in [2.45, 2.75) is 102 Å². The Morgan fingerprint density at radius 3 is 2.33 bits per heavy atom. The average molecular weight is 663 g/mol. The van der Waals surface area contributed by atoms with E-state index in [1.165, 1.54) is 19.6 Å². The van der Waals surface area contributed by atoms with Crippen LogP contribution in [0, 0.1) is 5.82 Å². The Labute approximate surface area is 281 Å². The van der Waals surface area contributed by atoms with E-state index in [1.807, 2.05) is 55.7 Å². The van der Waals surface area contributed by atoms with E-state index < -0.39 is 34.8 Å². The molecule has 2 aromatic carbocycles. The maximum Gasteiger partial charge on any atom is 0.410 e. The summed E-state index contributed by atoms with van der Waals surface area (Å²) in [5.74, 6) is -1.58. The summed E-state index contributed by atoms with van der Waals surface area (Å²) >= 11 is 0. The number of nitrogens with one attached hydrogen (secondary N) is 2. The van der Waals surface area contributed by atoms with E-state index in [0.29, 0.717) is 37.1 Å². The van der Waals surface area contributed by atoms with E-state index in [1.54, 1.807) is 17.2 Å². The largest absolute Gasteiger partial charge is 0.469 e. The molecule has 1 aliphatic carbocycles. The van der Waals surface area contributed by atoms with E-state index in [0.717, 1.165) is 31.2 Å². The number of hydrogen-bond donors (Lipinski definition) is 2. The number of methoxy groups -OCH3 is 1. The van der Waals surface area contributed by atoms with Crippen molar-refractivity contribution in [1.29, 1.82) is 0 Å². The van der Waals surface area contributed by atoms with Crippen molar-refractivity contribution in [1.82, 2.24) is 14.8 Å². The Morgan fingerprint density at radius 2 is 1.69 bits per heavy atom. The summed E-state index contributed by atoms with van der Waals surface area (Å²) in [4.78, 5) is 54.3. The molecule has 1 aromatic heterocycles. The Morgan fingerprint density at radius 1 is 1.00 bits per heavy atom. The van der Waals surface area contributed by atoms with Crippen LogP contribution in [0.5, 0.6) is 0 Å². The van der Waals surface area contributed by atoms with Crippen LogP contribution in [0.4, 0.5) is 14.9 Å². The monoisotopic (exact) mass is 662 g/mol. The Balaban J connectivity index is 1.50. The number of ether oxygens (including phenoxy) is 2. The number of anilines is 1. The third-order valence-electron chi connectivity index (χ3n) is 9.21. The molecule has 1 saturated carbocycles. The summed E-state index contributed by atoms with van der Waals surface area (Å²) < 4.78 is 28.0. The van der Waals surface area contributed by atoms with Crippen molar-refractivity contribution in [3.05, 3.63) is 75.8 Å². The van der Waals surface area contributed by atoms with Gasteiger partial charge < -0.3 is 29.6 Å². The second kappa shape index (κ2) is 15.2. The molecule has 1 atom stereocenters. The molecule has 1 saturated heterocycles. The highest BCUT2D eigenvalue weighted by Gasteiger charge is 2.30. The Hall–Kier alpha value is -4.41. The molecule has 48 heavy (non-hydrogen) atoms. The van der Waals surface area contributed by atoms with Gasteiger partial charge >= 0.3 is 12.1 Å². The molecule has 2 fully saturated rings. The second-order valence-electron chi connectivity index (χ2n) is 13.9. The lowest BCUT2D eigenvalue weighted by atomic mass is 9.95. The minimum atomic E-state index is -0.620. The fraction of sp³-hybridized carbons (Fsp3) is 0.514. The third kappa shape index (κ3) is 8.54. The lowest BCUT2D eigenvalue weighted by molar-refractivity contribution is -0.140. The van der Waals surface area contributed by atoms with Crippen LogP contribution >= 0.6 is 0 Å². The molecule has 11 heteroatoms. The quantitative estimate of drug-likeness (QED) is 0.240. The standard InChI is InChI=1S/C37H47FN4O6/c1-37(2,3)48-36(46)41-19-17-26(18-20-41)42-23-28(35(45)40-30(15-16-33(43)47-4)24-11-7-5-8-12-24)34(44)27-21-29(38)31(22-32(27)42)39-25-13-9-6-10-14-25/h5,7-8,11-12,21-23,25-26,30,39H,6,9-10,13-20H2,1-4H3,(H,40,45)/t30-/m0/s1. The molecule has 0 unspecified atom stereocenters. The van der Waals surface area contributed by atoms with E-state index in [9.17, 15) is 19.2 Å². The molecule has 0 radical (unpaired) electrons. The van der Waals surface area contributed by atoms with Gasteiger partial charge in [0, 0.05) is 43.2 Å². The molecule has 2 amide bonds. The fourth-order valence-corrected chi connectivity index (χ4v) is 6.67. The average Bonchev–Trinajstić information content (AvgIpc) is 3.07. The first-order chi connectivity index (χ1) is 22.9. The summed E-state index contributed by atoms with van der Waals surface area (Å²) in [6.45, 7) is 6.32. The second-order valence-corrected chi connectivity index (χ2v) is 13.9. The van der Waals surface area contributed by atoms with Crippen molar-refractivity contribution in [2.24, 2.45) is 0 Å². The van der Waals surface area contributed by atoms with Crippen LogP contribution in [-0.4, -0.2) is 59.3 Å². The number of carbonyl (C=O) groups is 3. The lowest BCUT2D eigenvalue weighted by Crippen LogP contribution is -2.42. The topological polar surface area (TPSA) is 119 Å². The van der Waals surface area contributed by atoms with Gasteiger partial charge in [0.05, 0.1) is 24.4 Å². The van der Waals surface area contributed by atoms with Gasteiger partial charge in [0.1, 0.15) is 17.0 Å². The Bertz CT molecular complexity index is 1670. The number of piperidine rings is 1. The number of halogens is 1. The van der Waals surface area contributed by atoms with Gasteiger partial charge in [0.2, 0.25) is 5.43 Å². The maximum atomic E-state index is 15.7. The number of amides is 2. The molecule has 258 valence electrons. The molecular formula is C37H47FN4O6. The first-order valence-corrected chi connectivity index (χ1v) is 17.0. The number of carbonyl (C=O) groups excluding carboxylic acids is 3. The minimum Gasteiger partial charge on any atom is -0.469 e. The van der Waals surface area contributed by atoms with Gasteiger partial charge in [-0.1, -0.05) is 49.6 Å². The van der Waals surface area contributed by atoms with E-state index in [2.05, 4.69) is 10.6 Å². The summed E-state index contributed by atoms with van der Waals surface area (Å²) in [5.41, 5.74) is 0.312. The molecule has 0 spiro atoms. The molecule has 3 aromatic rings. The van der Waals surface area contributed by atoms with Gasteiger partial charge in [0.15, 0.2) is 0 Å². The predicted octanol–water partition coefficient (Wildman–Crippen LogP) is 6.88. The van der Waals surface area contributed by atoms with Crippen molar-refractivity contribution < 1.29 is 28.2 Å². The zero-order chi connectivity index (χ0) is 34.4. The summed E-state index contributed by atoms with van der Waals surface area (Å²) in [7, 11) is 1.31. The number of benzene rings is 2. The third-order valence-corrected chi connectivity index (χ3v) is 9.21. The van der Waals surface area contributed by atoms with Crippen LogP contribution in [0.2, 0.25) is 0 Å². The van der Waals surface area contributed by atoms with Gasteiger partial charge in [-0.25, -0.2) is 9.18 Å². The van der Waals surface area contributed by atoms with Gasteiger partial charge in [0.25, 0.3) is 5.91 Å². The zero-order valence-electron chi connectivity index (χ0n) is 28.4. The smallest absolute Gasteiger partial charge is 0.410 e. The van der Waals surface area contributed by atoms with Gasteiger partial charge in [-0.15, -0.1) is 0 Å². The van der Waals surface area contributed by atoms with Crippen LogP contribution < -0.4 is 16.1 Å². The zero-order valence-corrected chi connectivity index (χ0v) is 28.4. The van der Waals surface area contributed by atoms with Crippen molar-refractivity contribution in [3.63, 3.8) is 0 Å². The molecule has 5 rings (SSSR count). The van der Waals surface area contributed by atoms with Crippen molar-refractivity contribution in [3.8, 4) is 0 Å². The number of esters is 1. The maximum absolute atomic E-state index is 15.7. The molecule has 0 bridgehead atoms. The van der Waals surface area contributed by atoms with E-state index >= 15 is 4.39 Å². The lowest BCUT2D eigenvalue weighted by Gasteiger charge is -2.35. The fourth-order valence-electron chi connectivity index (χ4n) is 6.67. The SMILES string of the molecule is COC(=O)CC[C@H](NC(=O)c1cn(C2CCN(C(=O)OC(C)(C)C)CC2)c2cc(NC3CCCCC3)c(F)cc2c1=O)c1ccccc1. The number of likely N-dealkylation sites (tertiary alicyclic amines) is 1. The molecule has 10 nitrogen and oxygen atoms in total. The van der Waals surface area contributed by atoms with Crippen LogP contribution in [0.15, 0.2) is 53.5 Å². The van der Waals surface area contributed by atoms with Gasteiger partial charge in [-0.2, -0.15) is 0 Å². The van der Waals surface area contributed by atoms with Gasteiger partial charge in [-0.3, -0.25) is 14.4 Å². The molecule has 2 aliphatic rings. The van der Waals surface area contributed by atoms with Gasteiger partial charge in [-0.05, 0) is 70.6 Å². The number of fused-ring (bicyclic) bond motifs is 1. The Kier molecular flexibility index (Phi) is 11.1. The number of pyridine rings is 1.